The molecule has 1 fully saturated rings. The Bertz CT molecular complexity index is 713. The molecule has 1 amide bonds. The van der Waals surface area contributed by atoms with Gasteiger partial charge in [-0.1, -0.05) is 30.3 Å². The number of hydrogen-bond acceptors (Lipinski definition) is 3. The van der Waals surface area contributed by atoms with E-state index < -0.39 is 5.82 Å². The van der Waals surface area contributed by atoms with Crippen molar-refractivity contribution in [3.63, 3.8) is 0 Å². The summed E-state index contributed by atoms with van der Waals surface area (Å²) in [5.41, 5.74) is 1.62. The van der Waals surface area contributed by atoms with Gasteiger partial charge in [-0.15, -0.1) is 0 Å². The molecule has 1 heterocycles. The second-order valence-corrected chi connectivity index (χ2v) is 6.21. The first-order valence-corrected chi connectivity index (χ1v) is 8.56. The van der Waals surface area contributed by atoms with Crippen molar-refractivity contribution in [2.24, 2.45) is 0 Å². The van der Waals surface area contributed by atoms with E-state index in [1.54, 1.807) is 4.90 Å². The predicted octanol–water partition coefficient (Wildman–Crippen LogP) is 2.83. The van der Waals surface area contributed by atoms with Gasteiger partial charge in [0.2, 0.25) is 0 Å². The number of rotatable bonds is 5. The molecule has 0 saturated carbocycles. The van der Waals surface area contributed by atoms with E-state index in [1.807, 2.05) is 6.07 Å². The number of benzene rings is 2. The highest BCUT2D eigenvalue weighted by Crippen LogP contribution is 2.21. The number of carbonyl (C=O) groups excluding carboxylic acids is 1. The molecule has 2 aromatic carbocycles. The van der Waals surface area contributed by atoms with Gasteiger partial charge in [0.25, 0.3) is 5.91 Å². The zero-order chi connectivity index (χ0) is 17.6. The third kappa shape index (κ3) is 4.37. The summed E-state index contributed by atoms with van der Waals surface area (Å²) in [6.45, 7) is 3.93. The molecule has 1 aliphatic rings. The number of methoxy groups -OCH3 is 1. The van der Waals surface area contributed by atoms with Crippen LogP contribution in [0.15, 0.2) is 48.5 Å². The van der Waals surface area contributed by atoms with Crippen LogP contribution in [-0.2, 0) is 6.42 Å². The fourth-order valence-corrected chi connectivity index (χ4v) is 3.12. The van der Waals surface area contributed by atoms with Crippen LogP contribution >= 0.6 is 0 Å². The van der Waals surface area contributed by atoms with Crippen molar-refractivity contribution < 1.29 is 13.9 Å². The lowest BCUT2D eigenvalue weighted by Crippen LogP contribution is -2.49. The fraction of sp³-hybridized carbons (Fsp3) is 0.350. The topological polar surface area (TPSA) is 32.8 Å². The summed E-state index contributed by atoms with van der Waals surface area (Å²) in [4.78, 5) is 16.8. The van der Waals surface area contributed by atoms with E-state index >= 15 is 0 Å². The number of nitrogens with zero attached hydrogens (tertiary/aromatic N) is 2. The van der Waals surface area contributed by atoms with Crippen LogP contribution in [-0.4, -0.2) is 55.5 Å². The molecule has 0 N–H and O–H groups in total. The van der Waals surface area contributed by atoms with Crippen molar-refractivity contribution in [2.45, 2.75) is 6.42 Å². The standard InChI is InChI=1S/C20H23FN2O2/c1-25-19-8-7-17(21)15-18(19)20(24)23-13-11-22(12-14-23)10-9-16-5-3-2-4-6-16/h2-8,15H,9-14H2,1H3. The Morgan fingerprint density at radius 2 is 1.80 bits per heavy atom. The Balaban J connectivity index is 1.55. The number of hydrogen-bond donors (Lipinski definition) is 0. The second kappa shape index (κ2) is 8.12. The van der Waals surface area contributed by atoms with Crippen molar-refractivity contribution in [2.75, 3.05) is 39.8 Å². The Morgan fingerprint density at radius 1 is 1.08 bits per heavy atom. The van der Waals surface area contributed by atoms with Crippen LogP contribution in [0.4, 0.5) is 4.39 Å². The third-order valence-electron chi connectivity index (χ3n) is 4.61. The van der Waals surface area contributed by atoms with Crippen molar-refractivity contribution in [1.82, 2.24) is 9.80 Å². The van der Waals surface area contributed by atoms with Crippen molar-refractivity contribution in [1.29, 1.82) is 0 Å². The summed E-state index contributed by atoms with van der Waals surface area (Å²) in [5.74, 6) is -0.178. The molecule has 4 nitrogen and oxygen atoms in total. The van der Waals surface area contributed by atoms with E-state index in [0.717, 1.165) is 26.1 Å². The molecule has 0 radical (unpaired) electrons. The number of halogens is 1. The summed E-state index contributed by atoms with van der Waals surface area (Å²) in [6, 6.07) is 14.5. The average Bonchev–Trinajstić information content (AvgIpc) is 2.67. The molecule has 0 bridgehead atoms. The first-order valence-electron chi connectivity index (χ1n) is 8.56. The van der Waals surface area contributed by atoms with Crippen LogP contribution in [0.5, 0.6) is 5.75 Å². The lowest BCUT2D eigenvalue weighted by atomic mass is 10.1. The molecular weight excluding hydrogens is 319 g/mol. The molecule has 25 heavy (non-hydrogen) atoms. The Hall–Kier alpha value is -2.40. The van der Waals surface area contributed by atoms with Gasteiger partial charge in [0.05, 0.1) is 12.7 Å². The van der Waals surface area contributed by atoms with Gasteiger partial charge in [0, 0.05) is 32.7 Å². The van der Waals surface area contributed by atoms with Crippen LogP contribution in [0, 0.1) is 5.82 Å². The maximum absolute atomic E-state index is 13.5. The summed E-state index contributed by atoms with van der Waals surface area (Å²) in [7, 11) is 1.49. The number of carbonyl (C=O) groups is 1. The number of ether oxygens (including phenoxy) is 1. The lowest BCUT2D eigenvalue weighted by molar-refractivity contribution is 0.0635. The molecule has 0 aromatic heterocycles. The van der Waals surface area contributed by atoms with Crippen LogP contribution < -0.4 is 4.74 Å². The second-order valence-electron chi connectivity index (χ2n) is 6.21. The van der Waals surface area contributed by atoms with Crippen LogP contribution in [0.3, 0.4) is 0 Å². The first kappa shape index (κ1) is 17.4. The summed E-state index contributed by atoms with van der Waals surface area (Å²) in [6.07, 6.45) is 1.01. The zero-order valence-electron chi connectivity index (χ0n) is 14.5. The highest BCUT2D eigenvalue weighted by Gasteiger charge is 2.24. The average molecular weight is 342 g/mol. The number of piperazine rings is 1. The molecule has 1 aliphatic heterocycles. The van der Waals surface area contributed by atoms with E-state index in [-0.39, 0.29) is 5.91 Å². The molecule has 2 aromatic rings. The lowest BCUT2D eigenvalue weighted by Gasteiger charge is -2.35. The van der Waals surface area contributed by atoms with Gasteiger partial charge in [0.1, 0.15) is 11.6 Å². The molecule has 132 valence electrons. The van der Waals surface area contributed by atoms with E-state index in [9.17, 15) is 9.18 Å². The highest BCUT2D eigenvalue weighted by atomic mass is 19.1. The quantitative estimate of drug-likeness (QED) is 0.838. The molecular formula is C20H23FN2O2. The van der Waals surface area contributed by atoms with Crippen LogP contribution in [0.2, 0.25) is 0 Å². The first-order chi connectivity index (χ1) is 12.2. The molecule has 3 rings (SSSR count). The number of amides is 1. The minimum absolute atomic E-state index is 0.168. The molecule has 0 aliphatic carbocycles. The van der Waals surface area contributed by atoms with Gasteiger partial charge in [-0.25, -0.2) is 4.39 Å². The van der Waals surface area contributed by atoms with Gasteiger partial charge in [0.15, 0.2) is 0 Å². The van der Waals surface area contributed by atoms with Crippen LogP contribution in [0.1, 0.15) is 15.9 Å². The normalized spacial score (nSPS) is 15.2. The van der Waals surface area contributed by atoms with Crippen LogP contribution in [0.25, 0.3) is 0 Å². The van der Waals surface area contributed by atoms with Crippen molar-refractivity contribution in [3.8, 4) is 5.75 Å². The summed E-state index contributed by atoms with van der Waals surface area (Å²) >= 11 is 0. The Labute approximate surface area is 147 Å². The maximum atomic E-state index is 13.5. The van der Waals surface area contributed by atoms with Gasteiger partial charge < -0.3 is 9.64 Å². The third-order valence-corrected chi connectivity index (χ3v) is 4.61. The largest absolute Gasteiger partial charge is 0.496 e. The van der Waals surface area contributed by atoms with Crippen molar-refractivity contribution in [3.05, 3.63) is 65.5 Å². The van der Waals surface area contributed by atoms with Gasteiger partial charge in [-0.05, 0) is 30.2 Å². The molecule has 1 saturated heterocycles. The van der Waals surface area contributed by atoms with Gasteiger partial charge in [-0.2, -0.15) is 0 Å². The monoisotopic (exact) mass is 342 g/mol. The van der Waals surface area contributed by atoms with Gasteiger partial charge in [-0.3, -0.25) is 9.69 Å². The predicted molar refractivity (Wildman–Crippen MR) is 95.4 cm³/mol. The van der Waals surface area contributed by atoms with Crippen molar-refractivity contribution >= 4 is 5.91 Å². The Kier molecular flexibility index (Phi) is 5.66. The van der Waals surface area contributed by atoms with E-state index in [0.29, 0.717) is 24.4 Å². The molecule has 0 unspecified atom stereocenters. The highest BCUT2D eigenvalue weighted by molar-refractivity contribution is 5.97. The maximum Gasteiger partial charge on any atom is 0.257 e. The summed E-state index contributed by atoms with van der Waals surface area (Å²) in [5, 5.41) is 0. The Morgan fingerprint density at radius 3 is 2.48 bits per heavy atom. The smallest absolute Gasteiger partial charge is 0.257 e. The summed E-state index contributed by atoms with van der Waals surface area (Å²) < 4.78 is 18.7. The van der Waals surface area contributed by atoms with E-state index in [2.05, 4.69) is 29.2 Å². The van der Waals surface area contributed by atoms with Gasteiger partial charge >= 0.3 is 0 Å². The minimum atomic E-state index is -0.425. The fourth-order valence-electron chi connectivity index (χ4n) is 3.12. The molecule has 5 heteroatoms. The van der Waals surface area contributed by atoms with E-state index in [1.165, 1.54) is 30.9 Å². The SMILES string of the molecule is COc1ccc(F)cc1C(=O)N1CCN(CCc2ccccc2)CC1. The molecule has 0 atom stereocenters. The molecule has 0 spiro atoms. The minimum Gasteiger partial charge on any atom is -0.496 e. The van der Waals surface area contributed by atoms with E-state index in [4.69, 9.17) is 4.74 Å². The zero-order valence-corrected chi connectivity index (χ0v) is 14.5.